The van der Waals surface area contributed by atoms with Gasteiger partial charge in [0.25, 0.3) is 5.91 Å². The van der Waals surface area contributed by atoms with Gasteiger partial charge in [-0.15, -0.1) is 0 Å². The van der Waals surface area contributed by atoms with Crippen LogP contribution in [0.1, 0.15) is 47.5 Å². The molecule has 0 bridgehead atoms. The molecule has 1 atom stereocenters. The fourth-order valence-electron chi connectivity index (χ4n) is 1.63. The fourth-order valence-corrected chi connectivity index (χ4v) is 1.63. The lowest BCUT2D eigenvalue weighted by atomic mass is 10.2. The van der Waals surface area contributed by atoms with Gasteiger partial charge in [0.15, 0.2) is 5.78 Å². The summed E-state index contributed by atoms with van der Waals surface area (Å²) in [5, 5.41) is 12.1. The first-order chi connectivity index (χ1) is 8.45. The van der Waals surface area contributed by atoms with Gasteiger partial charge in [0.2, 0.25) is 0 Å². The molecule has 100 valence electrons. The number of hydrogen-bond acceptors (Lipinski definition) is 3. The summed E-state index contributed by atoms with van der Waals surface area (Å²) in [5.41, 5.74) is 0.974. The number of aliphatic hydroxyl groups is 1. The van der Waals surface area contributed by atoms with E-state index in [9.17, 15) is 14.7 Å². The van der Waals surface area contributed by atoms with Crippen molar-refractivity contribution in [3.8, 4) is 0 Å². The van der Waals surface area contributed by atoms with Crippen LogP contribution in [0.3, 0.4) is 0 Å². The maximum atomic E-state index is 11.8. The predicted molar refractivity (Wildman–Crippen MR) is 68.7 cm³/mol. The Morgan fingerprint density at radius 2 is 2.17 bits per heavy atom. The van der Waals surface area contributed by atoms with Crippen molar-refractivity contribution in [1.82, 2.24) is 9.88 Å². The van der Waals surface area contributed by atoms with Gasteiger partial charge >= 0.3 is 0 Å². The van der Waals surface area contributed by atoms with E-state index in [0.717, 1.165) is 0 Å². The molecule has 0 aliphatic carbocycles. The molecule has 0 aliphatic rings. The molecule has 0 fully saturated rings. The molecule has 0 spiro atoms. The molecule has 0 radical (unpaired) electrons. The number of aliphatic hydroxyl groups excluding tert-OH is 1. The van der Waals surface area contributed by atoms with Gasteiger partial charge in [-0.05, 0) is 25.8 Å². The van der Waals surface area contributed by atoms with Crippen molar-refractivity contribution in [2.75, 3.05) is 6.54 Å². The molecule has 0 saturated heterocycles. The molecule has 1 rings (SSSR count). The molecule has 1 amide bonds. The molecule has 18 heavy (non-hydrogen) atoms. The van der Waals surface area contributed by atoms with Gasteiger partial charge in [0.05, 0.1) is 6.10 Å². The first kappa shape index (κ1) is 14.4. The van der Waals surface area contributed by atoms with Crippen molar-refractivity contribution in [2.24, 2.45) is 7.05 Å². The minimum atomic E-state index is -0.383. The molecule has 2 N–H and O–H groups in total. The van der Waals surface area contributed by atoms with Crippen LogP contribution in [0.25, 0.3) is 0 Å². The van der Waals surface area contributed by atoms with Crippen LogP contribution in [0.15, 0.2) is 12.3 Å². The predicted octanol–water partition coefficient (Wildman–Crippen LogP) is 1.12. The van der Waals surface area contributed by atoms with Crippen molar-refractivity contribution < 1.29 is 14.7 Å². The molecular formula is C13H20N2O3. The van der Waals surface area contributed by atoms with E-state index in [4.69, 9.17) is 0 Å². The molecule has 1 heterocycles. The Bertz CT molecular complexity index is 437. The number of nitrogens with zero attached hydrogens (tertiary/aromatic N) is 1. The van der Waals surface area contributed by atoms with E-state index in [0.29, 0.717) is 30.6 Å². The molecule has 5 nitrogen and oxygen atoms in total. The first-order valence-corrected chi connectivity index (χ1v) is 6.09. The summed E-state index contributed by atoms with van der Waals surface area (Å²) in [6.07, 6.45) is 2.46. The average molecular weight is 252 g/mol. The Hall–Kier alpha value is -1.62. The van der Waals surface area contributed by atoms with E-state index in [-0.39, 0.29) is 17.8 Å². The van der Waals surface area contributed by atoms with Crippen molar-refractivity contribution in [3.63, 3.8) is 0 Å². The molecule has 0 saturated carbocycles. The van der Waals surface area contributed by atoms with E-state index in [1.54, 1.807) is 23.9 Å². The Kier molecular flexibility index (Phi) is 5.09. The van der Waals surface area contributed by atoms with Crippen molar-refractivity contribution >= 4 is 11.7 Å². The lowest BCUT2D eigenvalue weighted by Crippen LogP contribution is -2.28. The summed E-state index contributed by atoms with van der Waals surface area (Å²) in [6.45, 7) is 3.78. The summed E-state index contributed by atoms with van der Waals surface area (Å²) >= 11 is 0. The smallest absolute Gasteiger partial charge is 0.267 e. The molecular weight excluding hydrogens is 232 g/mol. The number of nitrogens with one attached hydrogen (secondary N) is 1. The highest BCUT2D eigenvalue weighted by Gasteiger charge is 2.13. The van der Waals surface area contributed by atoms with Gasteiger partial charge in [-0.3, -0.25) is 9.59 Å². The van der Waals surface area contributed by atoms with Gasteiger partial charge in [-0.25, -0.2) is 0 Å². The summed E-state index contributed by atoms with van der Waals surface area (Å²) in [4.78, 5) is 23.0. The van der Waals surface area contributed by atoms with E-state index in [1.807, 2.05) is 6.92 Å². The number of aryl methyl sites for hydroxylation is 1. The van der Waals surface area contributed by atoms with Gasteiger partial charge in [0.1, 0.15) is 5.69 Å². The third-order valence-corrected chi connectivity index (χ3v) is 2.88. The lowest BCUT2D eigenvalue weighted by Gasteiger charge is -2.09. The largest absolute Gasteiger partial charge is 0.393 e. The van der Waals surface area contributed by atoms with Crippen molar-refractivity contribution in [2.45, 2.75) is 32.8 Å². The minimum Gasteiger partial charge on any atom is -0.393 e. The van der Waals surface area contributed by atoms with E-state index in [1.165, 1.54) is 6.92 Å². The zero-order valence-corrected chi connectivity index (χ0v) is 11.1. The number of rotatable bonds is 6. The second-order valence-electron chi connectivity index (χ2n) is 4.39. The van der Waals surface area contributed by atoms with Crippen LogP contribution >= 0.6 is 0 Å². The minimum absolute atomic E-state index is 0.0638. The second-order valence-corrected chi connectivity index (χ2v) is 4.39. The Morgan fingerprint density at radius 3 is 2.67 bits per heavy atom. The van der Waals surface area contributed by atoms with Crippen LogP contribution in [-0.4, -0.2) is 34.0 Å². The number of amides is 1. The normalized spacial score (nSPS) is 12.2. The molecule has 0 aromatic carbocycles. The maximum absolute atomic E-state index is 11.8. The van der Waals surface area contributed by atoms with Crippen LogP contribution < -0.4 is 5.32 Å². The summed E-state index contributed by atoms with van der Waals surface area (Å²) in [6, 6.07) is 1.58. The number of Topliss-reactive ketones (excluding diaryl/α,β-unsaturated/α-hetero) is 1. The number of hydrogen-bond donors (Lipinski definition) is 2. The zero-order chi connectivity index (χ0) is 13.7. The maximum Gasteiger partial charge on any atom is 0.267 e. The van der Waals surface area contributed by atoms with E-state index < -0.39 is 0 Å². The second kappa shape index (κ2) is 6.35. The Morgan fingerprint density at radius 1 is 1.50 bits per heavy atom. The monoisotopic (exact) mass is 252 g/mol. The zero-order valence-electron chi connectivity index (χ0n) is 11.1. The van der Waals surface area contributed by atoms with Gasteiger partial charge < -0.3 is 15.0 Å². The highest BCUT2D eigenvalue weighted by atomic mass is 16.3. The quantitative estimate of drug-likeness (QED) is 0.745. The topological polar surface area (TPSA) is 71.3 Å². The third-order valence-electron chi connectivity index (χ3n) is 2.88. The van der Waals surface area contributed by atoms with Gasteiger partial charge in [-0.2, -0.15) is 0 Å². The summed E-state index contributed by atoms with van der Waals surface area (Å²) < 4.78 is 1.63. The summed E-state index contributed by atoms with van der Waals surface area (Å²) in [5.74, 6) is -0.292. The van der Waals surface area contributed by atoms with Gasteiger partial charge in [-0.1, -0.05) is 6.92 Å². The van der Waals surface area contributed by atoms with Crippen molar-refractivity contribution in [1.29, 1.82) is 0 Å². The lowest BCUT2D eigenvalue weighted by molar-refractivity contribution is 0.0933. The van der Waals surface area contributed by atoms with Crippen molar-refractivity contribution in [3.05, 3.63) is 23.5 Å². The number of carbonyl (C=O) groups is 2. The highest BCUT2D eigenvalue weighted by molar-refractivity contribution is 5.99. The Labute approximate surface area is 107 Å². The molecule has 5 heteroatoms. The van der Waals surface area contributed by atoms with Crippen LogP contribution in [-0.2, 0) is 7.05 Å². The standard InChI is InChI=1S/C13H20N2O3/c1-4-11(17)5-6-14-13(18)12-7-10(9(2)16)8-15(12)3/h7-8,11,17H,4-6H2,1-3H3,(H,14,18). The van der Waals surface area contributed by atoms with Crippen LogP contribution in [0.4, 0.5) is 0 Å². The van der Waals surface area contributed by atoms with Gasteiger partial charge in [0, 0.05) is 25.4 Å². The van der Waals surface area contributed by atoms with E-state index >= 15 is 0 Å². The van der Waals surface area contributed by atoms with Crippen LogP contribution in [0.5, 0.6) is 0 Å². The highest BCUT2D eigenvalue weighted by Crippen LogP contribution is 2.08. The SMILES string of the molecule is CCC(O)CCNC(=O)c1cc(C(C)=O)cn1C. The third kappa shape index (κ3) is 3.70. The molecule has 1 aromatic rings. The Balaban J connectivity index is 2.59. The number of carbonyl (C=O) groups excluding carboxylic acids is 2. The van der Waals surface area contributed by atoms with Crippen LogP contribution in [0.2, 0.25) is 0 Å². The number of aromatic nitrogens is 1. The van der Waals surface area contributed by atoms with Crippen LogP contribution in [0, 0.1) is 0 Å². The average Bonchev–Trinajstić information content (AvgIpc) is 2.71. The first-order valence-electron chi connectivity index (χ1n) is 6.09. The van der Waals surface area contributed by atoms with E-state index in [2.05, 4.69) is 5.32 Å². The molecule has 1 aromatic heterocycles. The number of ketones is 1. The fraction of sp³-hybridized carbons (Fsp3) is 0.538. The summed E-state index contributed by atoms with van der Waals surface area (Å²) in [7, 11) is 1.72. The molecule has 0 aliphatic heterocycles. The molecule has 1 unspecified atom stereocenters.